The standard InChI is InChI=1S/C18H18N4O5S/c1-5-27-17(25)13-9(2)12-14(23)19-11(20-15(12)28-13)7-6-10-8-21(3)18(26)22(4)16(10)24/h6-8H,5H2,1-4H3,(H,19,20,23)/b7-6+. The summed E-state index contributed by atoms with van der Waals surface area (Å²) in [6, 6.07) is 0. The topological polar surface area (TPSA) is 116 Å². The molecule has 3 heterocycles. The van der Waals surface area contributed by atoms with Crippen LogP contribution >= 0.6 is 11.3 Å². The highest BCUT2D eigenvalue weighted by molar-refractivity contribution is 7.20. The number of rotatable bonds is 4. The predicted molar refractivity (Wildman–Crippen MR) is 107 cm³/mol. The molecule has 0 aliphatic heterocycles. The van der Waals surface area contributed by atoms with E-state index in [4.69, 9.17) is 4.74 Å². The lowest BCUT2D eigenvalue weighted by molar-refractivity contribution is 0.0531. The molecular formula is C18H18N4O5S. The molecule has 0 fully saturated rings. The van der Waals surface area contributed by atoms with E-state index in [-0.39, 0.29) is 23.6 Å². The van der Waals surface area contributed by atoms with Gasteiger partial charge in [-0.05, 0) is 31.6 Å². The molecule has 3 rings (SSSR count). The summed E-state index contributed by atoms with van der Waals surface area (Å²) in [7, 11) is 2.93. The minimum Gasteiger partial charge on any atom is -0.462 e. The molecule has 0 amide bonds. The first-order valence-electron chi connectivity index (χ1n) is 8.39. The largest absolute Gasteiger partial charge is 0.462 e. The first-order valence-corrected chi connectivity index (χ1v) is 9.21. The summed E-state index contributed by atoms with van der Waals surface area (Å²) in [6.07, 6.45) is 4.35. The van der Waals surface area contributed by atoms with Crippen LogP contribution in [0.4, 0.5) is 0 Å². The molecule has 0 radical (unpaired) electrons. The zero-order valence-corrected chi connectivity index (χ0v) is 16.5. The summed E-state index contributed by atoms with van der Waals surface area (Å²) in [4.78, 5) is 56.2. The second-order valence-corrected chi connectivity index (χ2v) is 7.08. The van der Waals surface area contributed by atoms with Gasteiger partial charge in [0.25, 0.3) is 11.1 Å². The highest BCUT2D eigenvalue weighted by atomic mass is 32.1. The number of esters is 1. The molecule has 28 heavy (non-hydrogen) atoms. The molecule has 0 spiro atoms. The van der Waals surface area contributed by atoms with Crippen molar-refractivity contribution in [3.05, 3.63) is 59.2 Å². The van der Waals surface area contributed by atoms with Gasteiger partial charge in [0.15, 0.2) is 0 Å². The van der Waals surface area contributed by atoms with Crippen LogP contribution < -0.4 is 16.8 Å². The minimum absolute atomic E-state index is 0.227. The van der Waals surface area contributed by atoms with Gasteiger partial charge in [-0.15, -0.1) is 11.3 Å². The highest BCUT2D eigenvalue weighted by Crippen LogP contribution is 2.27. The van der Waals surface area contributed by atoms with E-state index in [0.717, 1.165) is 15.9 Å². The molecule has 0 aliphatic rings. The molecule has 0 aromatic carbocycles. The third-order valence-electron chi connectivity index (χ3n) is 4.17. The Morgan fingerprint density at radius 2 is 2.00 bits per heavy atom. The number of hydrogen-bond donors (Lipinski definition) is 1. The van der Waals surface area contributed by atoms with Gasteiger partial charge in [0.2, 0.25) is 0 Å². The Morgan fingerprint density at radius 1 is 1.29 bits per heavy atom. The maximum atomic E-state index is 12.5. The number of ether oxygens (including phenoxy) is 1. The van der Waals surface area contributed by atoms with Gasteiger partial charge in [0, 0.05) is 20.3 Å². The Morgan fingerprint density at radius 3 is 2.68 bits per heavy atom. The molecule has 146 valence electrons. The normalized spacial score (nSPS) is 11.4. The van der Waals surface area contributed by atoms with Gasteiger partial charge in [-0.1, -0.05) is 0 Å². The van der Waals surface area contributed by atoms with E-state index in [0.29, 0.717) is 20.7 Å². The Kier molecular flexibility index (Phi) is 5.14. The van der Waals surface area contributed by atoms with Crippen LogP contribution in [-0.4, -0.2) is 31.7 Å². The summed E-state index contributed by atoms with van der Waals surface area (Å²) < 4.78 is 7.29. The van der Waals surface area contributed by atoms with E-state index >= 15 is 0 Å². The zero-order valence-electron chi connectivity index (χ0n) is 15.7. The van der Waals surface area contributed by atoms with Crippen LogP contribution in [0.2, 0.25) is 0 Å². The molecule has 3 aromatic heterocycles. The van der Waals surface area contributed by atoms with Gasteiger partial charge in [-0.3, -0.25) is 14.2 Å². The van der Waals surface area contributed by atoms with Gasteiger partial charge >= 0.3 is 11.7 Å². The van der Waals surface area contributed by atoms with Crippen LogP contribution in [0.25, 0.3) is 22.4 Å². The van der Waals surface area contributed by atoms with E-state index in [9.17, 15) is 19.2 Å². The molecule has 10 heteroatoms. The average Bonchev–Trinajstić information content (AvgIpc) is 2.99. The van der Waals surface area contributed by atoms with Gasteiger partial charge in [0.1, 0.15) is 15.5 Å². The number of fused-ring (bicyclic) bond motifs is 1. The molecule has 0 bridgehead atoms. The second-order valence-electron chi connectivity index (χ2n) is 6.08. The third-order valence-corrected chi connectivity index (χ3v) is 5.34. The second kappa shape index (κ2) is 7.39. The summed E-state index contributed by atoms with van der Waals surface area (Å²) in [5, 5.41) is 0.336. The molecule has 1 N–H and O–H groups in total. The lowest BCUT2D eigenvalue weighted by Gasteiger charge is -2.03. The number of carbonyl (C=O) groups excluding carboxylic acids is 1. The van der Waals surface area contributed by atoms with Gasteiger partial charge < -0.3 is 14.3 Å². The van der Waals surface area contributed by atoms with Crippen LogP contribution in [-0.2, 0) is 18.8 Å². The zero-order chi connectivity index (χ0) is 20.6. The summed E-state index contributed by atoms with van der Waals surface area (Å²) in [6.45, 7) is 3.61. The van der Waals surface area contributed by atoms with Crippen LogP contribution in [0.3, 0.4) is 0 Å². The SMILES string of the molecule is CCOC(=O)c1sc2nc(/C=C/c3cn(C)c(=O)n(C)c3=O)[nH]c(=O)c2c1C. The number of nitrogens with one attached hydrogen (secondary N) is 1. The Balaban J connectivity index is 2.07. The lowest BCUT2D eigenvalue weighted by Crippen LogP contribution is -2.37. The average molecular weight is 402 g/mol. The Labute approximate surface area is 162 Å². The first-order chi connectivity index (χ1) is 13.2. The molecule has 9 nitrogen and oxygen atoms in total. The smallest absolute Gasteiger partial charge is 0.348 e. The highest BCUT2D eigenvalue weighted by Gasteiger charge is 2.19. The van der Waals surface area contributed by atoms with Gasteiger partial charge in [-0.25, -0.2) is 14.6 Å². The maximum Gasteiger partial charge on any atom is 0.348 e. The number of hydrogen-bond acceptors (Lipinski definition) is 7. The number of nitrogens with zero attached hydrogens (tertiary/aromatic N) is 3. The number of H-pyrrole nitrogens is 1. The van der Waals surface area contributed by atoms with Crippen molar-refractivity contribution in [2.75, 3.05) is 6.61 Å². The number of thiophene rings is 1. The number of aryl methyl sites for hydroxylation is 2. The van der Waals surface area contributed by atoms with Crippen molar-refractivity contribution in [2.45, 2.75) is 13.8 Å². The fourth-order valence-corrected chi connectivity index (χ4v) is 3.83. The fourth-order valence-electron chi connectivity index (χ4n) is 2.75. The fraction of sp³-hybridized carbons (Fsp3) is 0.278. The Bertz CT molecular complexity index is 1290. The van der Waals surface area contributed by atoms with Crippen LogP contribution in [0.5, 0.6) is 0 Å². The number of carbonyl (C=O) groups is 1. The maximum absolute atomic E-state index is 12.5. The molecule has 0 saturated heterocycles. The van der Waals surface area contributed by atoms with Gasteiger partial charge in [-0.2, -0.15) is 0 Å². The van der Waals surface area contributed by atoms with Crippen molar-refractivity contribution in [3.8, 4) is 0 Å². The number of aromatic amines is 1. The summed E-state index contributed by atoms with van der Waals surface area (Å²) >= 11 is 1.08. The number of aromatic nitrogens is 4. The van der Waals surface area contributed by atoms with Crippen molar-refractivity contribution >= 4 is 39.7 Å². The van der Waals surface area contributed by atoms with Crippen molar-refractivity contribution in [3.63, 3.8) is 0 Å². The first kappa shape index (κ1) is 19.5. The molecule has 0 atom stereocenters. The molecular weight excluding hydrogens is 384 g/mol. The minimum atomic E-state index is -0.492. The Hall–Kier alpha value is -3.27. The molecule has 0 saturated carbocycles. The van der Waals surface area contributed by atoms with E-state index in [1.54, 1.807) is 13.8 Å². The van der Waals surface area contributed by atoms with E-state index in [1.807, 2.05) is 0 Å². The quantitative estimate of drug-likeness (QED) is 0.652. The van der Waals surface area contributed by atoms with E-state index < -0.39 is 17.2 Å². The van der Waals surface area contributed by atoms with Crippen LogP contribution in [0.1, 0.15) is 33.5 Å². The van der Waals surface area contributed by atoms with Crippen molar-refractivity contribution in [1.29, 1.82) is 0 Å². The van der Waals surface area contributed by atoms with Crippen molar-refractivity contribution in [2.24, 2.45) is 14.1 Å². The van der Waals surface area contributed by atoms with E-state index in [1.165, 1.54) is 37.0 Å². The molecule has 0 unspecified atom stereocenters. The van der Waals surface area contributed by atoms with Crippen LogP contribution in [0.15, 0.2) is 20.6 Å². The molecule has 0 aliphatic carbocycles. The molecule has 3 aromatic rings. The monoisotopic (exact) mass is 402 g/mol. The lowest BCUT2D eigenvalue weighted by atomic mass is 10.2. The third kappa shape index (κ3) is 3.33. The predicted octanol–water partition coefficient (Wildman–Crippen LogP) is 1.04. The van der Waals surface area contributed by atoms with Crippen molar-refractivity contribution < 1.29 is 9.53 Å². The summed E-state index contributed by atoms with van der Waals surface area (Å²) in [5.74, 6) is -0.266. The van der Waals surface area contributed by atoms with Crippen molar-refractivity contribution in [1.82, 2.24) is 19.1 Å². The van der Waals surface area contributed by atoms with Crippen LogP contribution in [0, 0.1) is 6.92 Å². The summed E-state index contributed by atoms with van der Waals surface area (Å²) in [5.41, 5.74) is -0.492. The van der Waals surface area contributed by atoms with E-state index in [2.05, 4.69) is 9.97 Å². The van der Waals surface area contributed by atoms with Gasteiger partial charge in [0.05, 0.1) is 17.6 Å².